The van der Waals surface area contributed by atoms with Gasteiger partial charge in [0.05, 0.1) is 23.1 Å². The molecule has 7 nitrogen and oxygen atoms in total. The van der Waals surface area contributed by atoms with Crippen molar-refractivity contribution >= 4 is 35.1 Å². The van der Waals surface area contributed by atoms with Crippen LogP contribution in [0.5, 0.6) is 0 Å². The number of hydrogen-bond acceptors (Lipinski definition) is 4. The Bertz CT molecular complexity index is 975. The lowest BCUT2D eigenvalue weighted by Crippen LogP contribution is -2.31. The molecule has 2 aromatic carbocycles. The van der Waals surface area contributed by atoms with Gasteiger partial charge in [-0.15, -0.1) is 0 Å². The van der Waals surface area contributed by atoms with Crippen LogP contribution in [-0.4, -0.2) is 28.8 Å². The number of nitrogens with one attached hydrogen (secondary N) is 1. The normalized spacial score (nSPS) is 21.0. The summed E-state index contributed by atoms with van der Waals surface area (Å²) in [4.78, 5) is 50.3. The molecule has 2 aliphatic rings. The summed E-state index contributed by atoms with van der Waals surface area (Å²) in [6.45, 7) is 0. The molecule has 7 heteroatoms. The average molecular weight is 392 g/mol. The monoisotopic (exact) mass is 392 g/mol. The van der Waals surface area contributed by atoms with E-state index < -0.39 is 11.9 Å². The molecule has 1 aliphatic carbocycles. The molecule has 1 saturated carbocycles. The van der Waals surface area contributed by atoms with E-state index in [9.17, 15) is 19.2 Å². The number of aromatic carboxylic acids is 1. The van der Waals surface area contributed by atoms with Crippen molar-refractivity contribution in [3.05, 3.63) is 59.7 Å². The van der Waals surface area contributed by atoms with Crippen LogP contribution in [0.15, 0.2) is 48.5 Å². The minimum absolute atomic E-state index is 0.123. The fraction of sp³-hybridized carbons (Fsp3) is 0.273. The molecule has 3 amide bonds. The fourth-order valence-electron chi connectivity index (χ4n) is 4.10. The highest BCUT2D eigenvalue weighted by molar-refractivity contribution is 6.22. The van der Waals surface area contributed by atoms with Crippen LogP contribution in [-0.2, 0) is 9.59 Å². The summed E-state index contributed by atoms with van der Waals surface area (Å²) in [5, 5.41) is 11.6. The van der Waals surface area contributed by atoms with Crippen molar-refractivity contribution in [3.8, 4) is 0 Å². The van der Waals surface area contributed by atoms with Crippen molar-refractivity contribution in [2.45, 2.75) is 25.7 Å². The second kappa shape index (κ2) is 7.50. The molecular weight excluding hydrogens is 372 g/mol. The highest BCUT2D eigenvalue weighted by atomic mass is 16.4. The van der Waals surface area contributed by atoms with E-state index >= 15 is 0 Å². The Kier molecular flexibility index (Phi) is 4.88. The van der Waals surface area contributed by atoms with Gasteiger partial charge < -0.3 is 10.4 Å². The number of anilines is 2. The minimum atomic E-state index is -1.05. The van der Waals surface area contributed by atoms with E-state index in [1.54, 1.807) is 18.2 Å². The molecule has 2 fully saturated rings. The van der Waals surface area contributed by atoms with Gasteiger partial charge in [0.1, 0.15) is 0 Å². The Balaban J connectivity index is 1.54. The number of carbonyl (C=O) groups excluding carboxylic acids is 3. The first kappa shape index (κ1) is 18.9. The van der Waals surface area contributed by atoms with Gasteiger partial charge in [0.25, 0.3) is 5.91 Å². The number of carbonyl (C=O) groups is 4. The maximum atomic E-state index is 12.8. The molecule has 2 N–H and O–H groups in total. The number of imide groups is 1. The Morgan fingerprint density at radius 3 is 2.10 bits per heavy atom. The van der Waals surface area contributed by atoms with Crippen molar-refractivity contribution in [1.29, 1.82) is 0 Å². The molecule has 1 heterocycles. The summed E-state index contributed by atoms with van der Waals surface area (Å²) in [6, 6.07) is 12.2. The Labute approximate surface area is 167 Å². The van der Waals surface area contributed by atoms with E-state index in [1.807, 2.05) is 0 Å². The van der Waals surface area contributed by atoms with Crippen LogP contribution in [0.2, 0.25) is 0 Å². The van der Waals surface area contributed by atoms with Gasteiger partial charge in [0, 0.05) is 11.3 Å². The van der Waals surface area contributed by atoms with Gasteiger partial charge in [-0.1, -0.05) is 18.9 Å². The zero-order valence-corrected chi connectivity index (χ0v) is 15.6. The minimum Gasteiger partial charge on any atom is -0.478 e. The summed E-state index contributed by atoms with van der Waals surface area (Å²) in [7, 11) is 0. The molecule has 0 radical (unpaired) electrons. The second-order valence-corrected chi connectivity index (χ2v) is 7.40. The standard InChI is InChI=1S/C22H20N2O5/c25-19(23-15-10-8-13(9-11-15)22(28)29)14-4-3-5-16(12-14)24-20(26)17-6-1-2-7-18(17)21(24)27/h3-5,8-12,17-18H,1-2,6-7H2,(H,23,25)(H,28,29)/t17-,18-/m1/s1. The van der Waals surface area contributed by atoms with E-state index in [0.717, 1.165) is 25.7 Å². The van der Waals surface area contributed by atoms with Crippen LogP contribution >= 0.6 is 0 Å². The Morgan fingerprint density at radius 2 is 1.52 bits per heavy atom. The number of fused-ring (bicyclic) bond motifs is 1. The predicted octanol–water partition coefficient (Wildman–Crippen LogP) is 3.32. The van der Waals surface area contributed by atoms with Crippen LogP contribution in [0.25, 0.3) is 0 Å². The summed E-state index contributed by atoms with van der Waals surface area (Å²) in [6.07, 6.45) is 3.38. The number of rotatable bonds is 4. The van der Waals surface area contributed by atoms with Gasteiger partial charge in [0.2, 0.25) is 11.8 Å². The van der Waals surface area contributed by atoms with Crippen LogP contribution in [0.1, 0.15) is 46.4 Å². The zero-order valence-electron chi connectivity index (χ0n) is 15.6. The Morgan fingerprint density at radius 1 is 0.897 bits per heavy atom. The fourth-order valence-corrected chi connectivity index (χ4v) is 4.10. The molecule has 2 aromatic rings. The molecule has 0 unspecified atom stereocenters. The average Bonchev–Trinajstić information content (AvgIpc) is 2.99. The van der Waals surface area contributed by atoms with Crippen molar-refractivity contribution in [3.63, 3.8) is 0 Å². The zero-order chi connectivity index (χ0) is 20.5. The third kappa shape index (κ3) is 3.51. The number of hydrogen-bond donors (Lipinski definition) is 2. The van der Waals surface area contributed by atoms with Crippen LogP contribution in [0, 0.1) is 11.8 Å². The number of amides is 3. The van der Waals surface area contributed by atoms with Crippen molar-refractivity contribution in [1.82, 2.24) is 0 Å². The van der Waals surface area contributed by atoms with E-state index in [0.29, 0.717) is 16.9 Å². The van der Waals surface area contributed by atoms with Gasteiger partial charge >= 0.3 is 5.97 Å². The van der Waals surface area contributed by atoms with Crippen LogP contribution < -0.4 is 10.2 Å². The molecule has 0 aromatic heterocycles. The maximum Gasteiger partial charge on any atom is 0.335 e. The topological polar surface area (TPSA) is 104 Å². The summed E-state index contributed by atoms with van der Waals surface area (Å²) in [5.41, 5.74) is 1.28. The summed E-state index contributed by atoms with van der Waals surface area (Å²) in [5.74, 6) is -2.31. The van der Waals surface area contributed by atoms with E-state index in [2.05, 4.69) is 5.32 Å². The highest BCUT2D eigenvalue weighted by Gasteiger charge is 2.48. The molecule has 29 heavy (non-hydrogen) atoms. The summed E-state index contributed by atoms with van der Waals surface area (Å²) >= 11 is 0. The van der Waals surface area contributed by atoms with E-state index in [4.69, 9.17) is 5.11 Å². The van der Waals surface area contributed by atoms with Gasteiger partial charge in [-0.3, -0.25) is 19.3 Å². The first-order valence-electron chi connectivity index (χ1n) is 9.58. The molecule has 1 saturated heterocycles. The molecule has 0 spiro atoms. The Hall–Kier alpha value is -3.48. The van der Waals surface area contributed by atoms with E-state index in [1.165, 1.54) is 35.2 Å². The molecular formula is C22H20N2O5. The third-order valence-corrected chi connectivity index (χ3v) is 5.60. The van der Waals surface area contributed by atoms with Crippen LogP contribution in [0.3, 0.4) is 0 Å². The number of nitrogens with zero attached hydrogens (tertiary/aromatic N) is 1. The van der Waals surface area contributed by atoms with E-state index in [-0.39, 0.29) is 29.2 Å². The highest BCUT2D eigenvalue weighted by Crippen LogP contribution is 2.40. The number of benzene rings is 2. The first-order chi connectivity index (χ1) is 14.0. The number of carboxylic acids is 1. The second-order valence-electron chi connectivity index (χ2n) is 7.40. The van der Waals surface area contributed by atoms with Gasteiger partial charge in [-0.05, 0) is 55.3 Å². The quantitative estimate of drug-likeness (QED) is 0.777. The van der Waals surface area contributed by atoms with Crippen LogP contribution in [0.4, 0.5) is 11.4 Å². The first-order valence-corrected chi connectivity index (χ1v) is 9.58. The molecule has 1 aliphatic heterocycles. The van der Waals surface area contributed by atoms with Crippen molar-refractivity contribution in [2.24, 2.45) is 11.8 Å². The lowest BCUT2D eigenvalue weighted by molar-refractivity contribution is -0.122. The van der Waals surface area contributed by atoms with Gasteiger partial charge in [0.15, 0.2) is 0 Å². The lowest BCUT2D eigenvalue weighted by atomic mass is 9.81. The summed E-state index contributed by atoms with van der Waals surface area (Å²) < 4.78 is 0. The van der Waals surface area contributed by atoms with Crippen molar-refractivity contribution in [2.75, 3.05) is 10.2 Å². The molecule has 4 rings (SSSR count). The predicted molar refractivity (Wildman–Crippen MR) is 106 cm³/mol. The largest absolute Gasteiger partial charge is 0.478 e. The molecule has 2 atom stereocenters. The molecule has 148 valence electrons. The third-order valence-electron chi connectivity index (χ3n) is 5.60. The molecule has 0 bridgehead atoms. The van der Waals surface area contributed by atoms with Gasteiger partial charge in [-0.2, -0.15) is 0 Å². The maximum absolute atomic E-state index is 12.8. The van der Waals surface area contributed by atoms with Gasteiger partial charge in [-0.25, -0.2) is 4.79 Å². The number of carboxylic acid groups (broad SMARTS) is 1. The lowest BCUT2D eigenvalue weighted by Gasteiger charge is -2.19. The SMILES string of the molecule is O=C(O)c1ccc(NC(=O)c2cccc(N3C(=O)[C@@H]4CCCC[C@H]4C3=O)c2)cc1. The van der Waals surface area contributed by atoms with Crippen molar-refractivity contribution < 1.29 is 24.3 Å². The smallest absolute Gasteiger partial charge is 0.335 e.